The van der Waals surface area contributed by atoms with Crippen molar-refractivity contribution in [2.24, 2.45) is 0 Å². The van der Waals surface area contributed by atoms with E-state index in [1.807, 2.05) is 53.1 Å². The van der Waals surface area contributed by atoms with Gasteiger partial charge in [0.1, 0.15) is 0 Å². The second-order valence-corrected chi connectivity index (χ2v) is 4.18. The molecule has 3 aromatic rings. The highest BCUT2D eigenvalue weighted by molar-refractivity contribution is 5.52. The minimum atomic E-state index is -0.0892. The van der Waals surface area contributed by atoms with Gasteiger partial charge in [0, 0.05) is 43.1 Å². The van der Waals surface area contributed by atoms with Gasteiger partial charge in [0.15, 0.2) is 6.17 Å². The van der Waals surface area contributed by atoms with Crippen LogP contribution in [0.2, 0.25) is 0 Å². The van der Waals surface area contributed by atoms with Crippen molar-refractivity contribution in [3.63, 3.8) is 0 Å². The molecule has 5 nitrogen and oxygen atoms in total. The molecule has 2 aromatic heterocycles. The summed E-state index contributed by atoms with van der Waals surface area (Å²) in [4.78, 5) is 0. The topological polar surface area (TPSA) is 47.7 Å². The number of nitrogens with zero attached hydrogens (tertiary/aromatic N) is 4. The summed E-state index contributed by atoms with van der Waals surface area (Å²) >= 11 is 0. The Hall–Kier alpha value is -2.56. The Morgan fingerprint density at radius 2 is 1.58 bits per heavy atom. The molecular weight excluding hydrogens is 238 g/mol. The highest BCUT2D eigenvalue weighted by atomic mass is 15.4. The maximum atomic E-state index is 4.35. The van der Waals surface area contributed by atoms with Gasteiger partial charge in [0.05, 0.1) is 0 Å². The molecule has 96 valence electrons. The van der Waals surface area contributed by atoms with Crippen LogP contribution in [0.25, 0.3) is 0 Å². The first-order valence-corrected chi connectivity index (χ1v) is 6.15. The van der Waals surface area contributed by atoms with Crippen LogP contribution in [-0.4, -0.2) is 26.6 Å². The van der Waals surface area contributed by atoms with Gasteiger partial charge in [0.25, 0.3) is 0 Å². The lowest BCUT2D eigenvalue weighted by molar-refractivity contribution is 0.420. The first-order valence-electron chi connectivity index (χ1n) is 6.15. The van der Waals surface area contributed by atoms with Crippen LogP contribution in [0.1, 0.15) is 11.7 Å². The molecule has 1 N–H and O–H groups in total. The van der Waals surface area contributed by atoms with Crippen LogP contribution in [-0.2, 0) is 0 Å². The predicted octanol–water partition coefficient (Wildman–Crippen LogP) is 2.22. The summed E-state index contributed by atoms with van der Waals surface area (Å²) < 4.78 is 3.78. The van der Waals surface area contributed by atoms with Gasteiger partial charge in [-0.1, -0.05) is 18.2 Å². The molecule has 0 aliphatic rings. The van der Waals surface area contributed by atoms with E-state index in [0.717, 1.165) is 11.3 Å². The molecular formula is C14H15N5. The number of nitrogens with one attached hydrogen (secondary N) is 1. The first-order chi connectivity index (χ1) is 9.40. The SMILES string of the molecule is CNc1ccccc1C(n1cccn1)n1cccn1. The second kappa shape index (κ2) is 4.97. The lowest BCUT2D eigenvalue weighted by atomic mass is 10.1. The van der Waals surface area contributed by atoms with Crippen molar-refractivity contribution >= 4 is 5.69 Å². The van der Waals surface area contributed by atoms with Crippen molar-refractivity contribution in [3.05, 3.63) is 66.7 Å². The van der Waals surface area contributed by atoms with Crippen molar-refractivity contribution in [2.45, 2.75) is 6.17 Å². The molecule has 0 fully saturated rings. The minimum absolute atomic E-state index is 0.0892. The van der Waals surface area contributed by atoms with Crippen molar-refractivity contribution < 1.29 is 0 Å². The Morgan fingerprint density at radius 1 is 0.947 bits per heavy atom. The Kier molecular flexibility index (Phi) is 3.02. The highest BCUT2D eigenvalue weighted by Crippen LogP contribution is 2.26. The van der Waals surface area contributed by atoms with Gasteiger partial charge < -0.3 is 5.32 Å². The number of anilines is 1. The summed E-state index contributed by atoms with van der Waals surface area (Å²) in [6.45, 7) is 0. The summed E-state index contributed by atoms with van der Waals surface area (Å²) in [7, 11) is 1.92. The monoisotopic (exact) mass is 253 g/mol. The lowest BCUT2D eigenvalue weighted by Crippen LogP contribution is -2.21. The fraction of sp³-hybridized carbons (Fsp3) is 0.143. The van der Waals surface area contributed by atoms with Crippen LogP contribution in [0.5, 0.6) is 0 Å². The van der Waals surface area contributed by atoms with Crippen LogP contribution in [0.4, 0.5) is 5.69 Å². The number of rotatable bonds is 4. The largest absolute Gasteiger partial charge is 0.388 e. The van der Waals surface area contributed by atoms with Crippen molar-refractivity contribution in [2.75, 3.05) is 12.4 Å². The number of para-hydroxylation sites is 1. The van der Waals surface area contributed by atoms with E-state index in [0.29, 0.717) is 0 Å². The maximum Gasteiger partial charge on any atom is 0.170 e. The summed E-state index contributed by atoms with van der Waals surface area (Å²) in [5, 5.41) is 11.9. The third-order valence-corrected chi connectivity index (χ3v) is 3.06. The summed E-state index contributed by atoms with van der Waals surface area (Å²) in [6.07, 6.45) is 7.35. The van der Waals surface area contributed by atoms with Crippen LogP contribution in [0.15, 0.2) is 61.2 Å². The van der Waals surface area contributed by atoms with E-state index >= 15 is 0 Å². The molecule has 5 heteroatoms. The third kappa shape index (κ3) is 2.10. The molecule has 0 bridgehead atoms. The van der Waals surface area contributed by atoms with Crippen molar-refractivity contribution in [1.82, 2.24) is 19.6 Å². The molecule has 0 spiro atoms. The molecule has 3 rings (SSSR count). The fourth-order valence-corrected chi connectivity index (χ4v) is 2.21. The van der Waals surface area contributed by atoms with Gasteiger partial charge in [-0.2, -0.15) is 10.2 Å². The molecule has 1 aromatic carbocycles. The Morgan fingerprint density at radius 3 is 2.11 bits per heavy atom. The van der Waals surface area contributed by atoms with E-state index in [1.54, 1.807) is 12.4 Å². The molecule has 0 amide bonds. The molecule has 0 radical (unpaired) electrons. The Bertz CT molecular complexity index is 593. The van der Waals surface area contributed by atoms with Gasteiger partial charge in [-0.3, -0.25) is 0 Å². The zero-order valence-corrected chi connectivity index (χ0v) is 10.6. The fourth-order valence-electron chi connectivity index (χ4n) is 2.21. The van der Waals surface area contributed by atoms with E-state index in [1.165, 1.54) is 0 Å². The average molecular weight is 253 g/mol. The third-order valence-electron chi connectivity index (χ3n) is 3.06. The Labute approximate surface area is 111 Å². The quantitative estimate of drug-likeness (QED) is 0.775. The number of hydrogen-bond donors (Lipinski definition) is 1. The van der Waals surface area contributed by atoms with E-state index in [-0.39, 0.29) is 6.17 Å². The average Bonchev–Trinajstić information content (AvgIpc) is 3.13. The Balaban J connectivity index is 2.15. The lowest BCUT2D eigenvalue weighted by Gasteiger charge is -2.21. The molecule has 2 heterocycles. The molecule has 0 atom stereocenters. The molecule has 0 aliphatic heterocycles. The predicted molar refractivity (Wildman–Crippen MR) is 74.0 cm³/mol. The second-order valence-electron chi connectivity index (χ2n) is 4.18. The van der Waals surface area contributed by atoms with Crippen molar-refractivity contribution in [3.8, 4) is 0 Å². The zero-order valence-electron chi connectivity index (χ0n) is 10.6. The van der Waals surface area contributed by atoms with Crippen LogP contribution in [0.3, 0.4) is 0 Å². The maximum absolute atomic E-state index is 4.35. The van der Waals surface area contributed by atoms with E-state index in [2.05, 4.69) is 27.6 Å². The number of aromatic nitrogens is 4. The van der Waals surface area contributed by atoms with Gasteiger partial charge in [-0.25, -0.2) is 9.36 Å². The molecule has 0 saturated heterocycles. The zero-order chi connectivity index (χ0) is 13.1. The van der Waals surface area contributed by atoms with E-state index in [4.69, 9.17) is 0 Å². The molecule has 0 aliphatic carbocycles. The van der Waals surface area contributed by atoms with Crippen molar-refractivity contribution in [1.29, 1.82) is 0 Å². The minimum Gasteiger partial charge on any atom is -0.388 e. The van der Waals surface area contributed by atoms with E-state index < -0.39 is 0 Å². The van der Waals surface area contributed by atoms with Gasteiger partial charge >= 0.3 is 0 Å². The van der Waals surface area contributed by atoms with Crippen LogP contribution < -0.4 is 5.32 Å². The van der Waals surface area contributed by atoms with Crippen LogP contribution >= 0.6 is 0 Å². The normalized spacial score (nSPS) is 10.8. The smallest absolute Gasteiger partial charge is 0.170 e. The standard InChI is InChI=1S/C14H15N5/c1-15-13-7-3-2-6-12(13)14(18-10-4-8-16-18)19-11-5-9-17-19/h2-11,14-15H,1H3. The molecule has 19 heavy (non-hydrogen) atoms. The highest BCUT2D eigenvalue weighted by Gasteiger charge is 2.18. The van der Waals surface area contributed by atoms with E-state index in [9.17, 15) is 0 Å². The summed E-state index contributed by atoms with van der Waals surface area (Å²) in [6, 6.07) is 12.0. The summed E-state index contributed by atoms with van der Waals surface area (Å²) in [5.41, 5.74) is 2.19. The van der Waals surface area contributed by atoms with Gasteiger partial charge in [-0.15, -0.1) is 0 Å². The molecule has 0 unspecified atom stereocenters. The number of benzene rings is 1. The van der Waals surface area contributed by atoms with Gasteiger partial charge in [0.2, 0.25) is 0 Å². The van der Waals surface area contributed by atoms with Crippen LogP contribution in [0, 0.1) is 0 Å². The first kappa shape index (κ1) is 11.5. The van der Waals surface area contributed by atoms with Gasteiger partial charge in [-0.05, 0) is 18.2 Å². The number of hydrogen-bond acceptors (Lipinski definition) is 3. The molecule has 0 saturated carbocycles. The summed E-state index contributed by atoms with van der Waals surface area (Å²) in [5.74, 6) is 0.